The van der Waals surface area contributed by atoms with Gasteiger partial charge in [-0.2, -0.15) is 0 Å². The fourth-order valence-electron chi connectivity index (χ4n) is 0.921. The summed E-state index contributed by atoms with van der Waals surface area (Å²) in [6.07, 6.45) is 1.72. The van der Waals surface area contributed by atoms with Crippen LogP contribution < -0.4 is 4.74 Å². The molecule has 0 unspecified atom stereocenters. The summed E-state index contributed by atoms with van der Waals surface area (Å²) in [5.74, 6) is 0.899. The maximum Gasteiger partial charge on any atom is 0.119 e. The second-order valence-corrected chi connectivity index (χ2v) is 2.59. The maximum atomic E-state index is 8.51. The molecule has 0 saturated carbocycles. The topological polar surface area (TPSA) is 29.5 Å². The standard InChI is InChI=1S/C10H14O2/c11-8-4-5-9-12-10-6-2-1-3-7-10/h1-3,6-7,11H,4-5,8-9H2. The zero-order chi connectivity index (χ0) is 8.65. The summed E-state index contributed by atoms with van der Waals surface area (Å²) >= 11 is 0. The molecular formula is C10H14O2. The Labute approximate surface area is 72.8 Å². The van der Waals surface area contributed by atoms with Gasteiger partial charge in [0.15, 0.2) is 0 Å². The zero-order valence-corrected chi connectivity index (χ0v) is 7.07. The summed E-state index contributed by atoms with van der Waals surface area (Å²) in [5, 5.41) is 8.51. The molecule has 0 aliphatic heterocycles. The first-order valence-electron chi connectivity index (χ1n) is 4.22. The highest BCUT2D eigenvalue weighted by atomic mass is 16.5. The van der Waals surface area contributed by atoms with Crippen LogP contribution in [0.3, 0.4) is 0 Å². The average molecular weight is 166 g/mol. The van der Waals surface area contributed by atoms with Crippen molar-refractivity contribution in [1.82, 2.24) is 0 Å². The largest absolute Gasteiger partial charge is 0.494 e. The van der Waals surface area contributed by atoms with Gasteiger partial charge in [-0.15, -0.1) is 0 Å². The van der Waals surface area contributed by atoms with Crippen molar-refractivity contribution in [2.24, 2.45) is 0 Å². The van der Waals surface area contributed by atoms with Gasteiger partial charge in [0.2, 0.25) is 0 Å². The minimum Gasteiger partial charge on any atom is -0.494 e. The number of hydrogen-bond acceptors (Lipinski definition) is 2. The first kappa shape index (κ1) is 9.07. The molecule has 0 amide bonds. The molecule has 0 aliphatic carbocycles. The third kappa shape index (κ3) is 3.39. The van der Waals surface area contributed by atoms with E-state index in [0.717, 1.165) is 18.6 Å². The third-order valence-corrected chi connectivity index (χ3v) is 1.56. The number of benzene rings is 1. The lowest BCUT2D eigenvalue weighted by atomic mass is 10.3. The highest BCUT2D eigenvalue weighted by Gasteiger charge is 1.90. The lowest BCUT2D eigenvalue weighted by Gasteiger charge is -2.03. The van der Waals surface area contributed by atoms with Gasteiger partial charge < -0.3 is 9.84 Å². The Morgan fingerprint density at radius 1 is 1.08 bits per heavy atom. The van der Waals surface area contributed by atoms with Gasteiger partial charge in [0.1, 0.15) is 5.75 Å². The summed E-state index contributed by atoms with van der Waals surface area (Å²) < 4.78 is 5.40. The molecule has 0 spiro atoms. The summed E-state index contributed by atoms with van der Waals surface area (Å²) in [4.78, 5) is 0. The second kappa shape index (κ2) is 5.61. The Morgan fingerprint density at radius 3 is 2.50 bits per heavy atom. The van der Waals surface area contributed by atoms with Gasteiger partial charge >= 0.3 is 0 Å². The Hall–Kier alpha value is -1.02. The van der Waals surface area contributed by atoms with E-state index in [4.69, 9.17) is 9.84 Å². The van der Waals surface area contributed by atoms with E-state index in [2.05, 4.69) is 0 Å². The molecule has 0 fully saturated rings. The van der Waals surface area contributed by atoms with Crippen LogP contribution in [0, 0.1) is 0 Å². The summed E-state index contributed by atoms with van der Waals surface area (Å²) in [7, 11) is 0. The van der Waals surface area contributed by atoms with Gasteiger partial charge in [0.25, 0.3) is 0 Å². The van der Waals surface area contributed by atoms with Crippen LogP contribution in [-0.4, -0.2) is 18.3 Å². The Kier molecular flexibility index (Phi) is 4.24. The SMILES string of the molecule is OCCCCOc1ccccc1. The van der Waals surface area contributed by atoms with Gasteiger partial charge in [0.05, 0.1) is 6.61 Å². The first-order chi connectivity index (χ1) is 5.93. The number of ether oxygens (including phenoxy) is 1. The summed E-state index contributed by atoms with van der Waals surface area (Å²) in [6, 6.07) is 9.71. The predicted molar refractivity (Wildman–Crippen MR) is 48.3 cm³/mol. The first-order valence-corrected chi connectivity index (χ1v) is 4.22. The lowest BCUT2D eigenvalue weighted by Crippen LogP contribution is -1.97. The smallest absolute Gasteiger partial charge is 0.119 e. The number of aliphatic hydroxyl groups excluding tert-OH is 1. The van der Waals surface area contributed by atoms with Crippen LogP contribution in [0.2, 0.25) is 0 Å². The summed E-state index contributed by atoms with van der Waals surface area (Å²) in [6.45, 7) is 0.933. The van der Waals surface area contributed by atoms with E-state index in [9.17, 15) is 0 Å². The van der Waals surface area contributed by atoms with Crippen LogP contribution in [0.4, 0.5) is 0 Å². The number of hydrogen-bond donors (Lipinski definition) is 1. The number of rotatable bonds is 5. The average Bonchev–Trinajstić information content (AvgIpc) is 2.14. The van der Waals surface area contributed by atoms with Crippen LogP contribution >= 0.6 is 0 Å². The van der Waals surface area contributed by atoms with Gasteiger partial charge in [-0.05, 0) is 25.0 Å². The van der Waals surface area contributed by atoms with Crippen molar-refractivity contribution >= 4 is 0 Å². The predicted octanol–water partition coefficient (Wildman–Crippen LogP) is 1.84. The molecule has 12 heavy (non-hydrogen) atoms. The monoisotopic (exact) mass is 166 g/mol. The molecule has 0 aliphatic rings. The number of aliphatic hydroxyl groups is 1. The maximum absolute atomic E-state index is 8.51. The van der Waals surface area contributed by atoms with Crippen LogP contribution in [0.25, 0.3) is 0 Å². The van der Waals surface area contributed by atoms with E-state index in [1.807, 2.05) is 30.3 Å². The van der Waals surface area contributed by atoms with Crippen LogP contribution in [0.1, 0.15) is 12.8 Å². The van der Waals surface area contributed by atoms with E-state index in [1.54, 1.807) is 0 Å². The molecule has 0 aromatic heterocycles. The quantitative estimate of drug-likeness (QED) is 0.676. The molecule has 0 heterocycles. The van der Waals surface area contributed by atoms with Crippen molar-refractivity contribution in [3.05, 3.63) is 30.3 Å². The fourth-order valence-corrected chi connectivity index (χ4v) is 0.921. The minimum absolute atomic E-state index is 0.248. The van der Waals surface area contributed by atoms with Gasteiger partial charge in [0, 0.05) is 6.61 Å². The third-order valence-electron chi connectivity index (χ3n) is 1.56. The van der Waals surface area contributed by atoms with Crippen molar-refractivity contribution < 1.29 is 9.84 Å². The van der Waals surface area contributed by atoms with Crippen LogP contribution in [0.15, 0.2) is 30.3 Å². The fraction of sp³-hybridized carbons (Fsp3) is 0.400. The van der Waals surface area contributed by atoms with E-state index >= 15 is 0 Å². The van der Waals surface area contributed by atoms with Gasteiger partial charge in [-0.1, -0.05) is 18.2 Å². The van der Waals surface area contributed by atoms with Crippen molar-refractivity contribution in [2.75, 3.05) is 13.2 Å². The molecular weight excluding hydrogens is 152 g/mol. The Morgan fingerprint density at radius 2 is 1.83 bits per heavy atom. The van der Waals surface area contributed by atoms with E-state index in [-0.39, 0.29) is 6.61 Å². The van der Waals surface area contributed by atoms with E-state index in [0.29, 0.717) is 6.61 Å². The molecule has 0 atom stereocenters. The zero-order valence-electron chi connectivity index (χ0n) is 7.07. The van der Waals surface area contributed by atoms with Crippen LogP contribution in [0.5, 0.6) is 5.75 Å². The molecule has 0 saturated heterocycles. The highest BCUT2D eigenvalue weighted by molar-refractivity contribution is 5.20. The lowest BCUT2D eigenvalue weighted by molar-refractivity contribution is 0.253. The summed E-state index contributed by atoms with van der Waals surface area (Å²) in [5.41, 5.74) is 0. The molecule has 1 aromatic carbocycles. The molecule has 2 heteroatoms. The highest BCUT2D eigenvalue weighted by Crippen LogP contribution is 2.08. The molecule has 0 radical (unpaired) electrons. The van der Waals surface area contributed by atoms with Gasteiger partial charge in [-0.3, -0.25) is 0 Å². The molecule has 66 valence electrons. The van der Waals surface area contributed by atoms with E-state index < -0.39 is 0 Å². The van der Waals surface area contributed by atoms with Crippen molar-refractivity contribution in [2.45, 2.75) is 12.8 Å². The van der Waals surface area contributed by atoms with E-state index in [1.165, 1.54) is 0 Å². The Bertz CT molecular complexity index is 196. The molecule has 1 rings (SSSR count). The van der Waals surface area contributed by atoms with Crippen molar-refractivity contribution in [3.63, 3.8) is 0 Å². The number of unbranched alkanes of at least 4 members (excludes halogenated alkanes) is 1. The normalized spacial score (nSPS) is 9.75. The molecule has 1 N–H and O–H groups in total. The molecule has 1 aromatic rings. The molecule has 2 nitrogen and oxygen atoms in total. The Balaban J connectivity index is 2.16. The van der Waals surface area contributed by atoms with Crippen molar-refractivity contribution in [3.8, 4) is 5.75 Å². The second-order valence-electron chi connectivity index (χ2n) is 2.59. The molecule has 0 bridgehead atoms. The van der Waals surface area contributed by atoms with Crippen LogP contribution in [-0.2, 0) is 0 Å². The van der Waals surface area contributed by atoms with Crippen molar-refractivity contribution in [1.29, 1.82) is 0 Å². The van der Waals surface area contributed by atoms with Gasteiger partial charge in [-0.25, -0.2) is 0 Å². The minimum atomic E-state index is 0.248. The number of para-hydroxylation sites is 1.